The molecule has 2 aromatic carbocycles. The molecule has 8 nitrogen and oxygen atoms in total. The highest BCUT2D eigenvalue weighted by Crippen LogP contribution is 2.36. The lowest BCUT2D eigenvalue weighted by Crippen LogP contribution is -2.24. The van der Waals surface area contributed by atoms with Crippen molar-refractivity contribution in [3.05, 3.63) is 46.4 Å². The zero-order chi connectivity index (χ0) is 22.6. The van der Waals surface area contributed by atoms with E-state index in [1.54, 1.807) is 36.4 Å². The Bertz CT molecular complexity index is 916. The van der Waals surface area contributed by atoms with E-state index in [1.807, 2.05) is 20.8 Å². The second-order valence-electron chi connectivity index (χ2n) is 6.17. The van der Waals surface area contributed by atoms with Crippen LogP contribution in [0.2, 0.25) is 0 Å². The van der Waals surface area contributed by atoms with Gasteiger partial charge in [-0.1, -0.05) is 0 Å². The fourth-order valence-corrected chi connectivity index (χ4v) is 3.15. The number of hydrogen-bond acceptors (Lipinski definition) is 6. The maximum absolute atomic E-state index is 12.0. The highest BCUT2D eigenvalue weighted by molar-refractivity contribution is 9.10. The molecule has 0 saturated carbocycles. The summed E-state index contributed by atoms with van der Waals surface area (Å²) in [5.74, 6) is 0.910. The molecule has 0 radical (unpaired) electrons. The smallest absolute Gasteiger partial charge is 0.249 e. The maximum Gasteiger partial charge on any atom is 0.249 e. The molecule has 31 heavy (non-hydrogen) atoms. The topological polar surface area (TPSA) is 98.2 Å². The molecule has 0 bridgehead atoms. The van der Waals surface area contributed by atoms with Crippen molar-refractivity contribution in [2.24, 2.45) is 5.10 Å². The third-order valence-electron chi connectivity index (χ3n) is 3.79. The van der Waals surface area contributed by atoms with E-state index in [0.717, 1.165) is 0 Å². The number of carbonyl (C=O) groups excluding carboxylic acids is 2. The molecular weight excluding hydrogens is 466 g/mol. The second kappa shape index (κ2) is 12.6. The molecule has 0 aromatic heterocycles. The minimum absolute atomic E-state index is 0.359. The molecule has 2 amide bonds. The lowest BCUT2D eigenvalue weighted by Gasteiger charge is -2.13. The van der Waals surface area contributed by atoms with E-state index in [0.29, 0.717) is 52.8 Å². The van der Waals surface area contributed by atoms with Crippen molar-refractivity contribution >= 4 is 39.6 Å². The Kier molecular flexibility index (Phi) is 9.83. The van der Waals surface area contributed by atoms with Crippen molar-refractivity contribution in [1.82, 2.24) is 5.43 Å². The number of anilines is 1. The first-order chi connectivity index (χ1) is 15.0. The number of amides is 2. The average molecular weight is 492 g/mol. The molecule has 0 unspecified atom stereocenters. The van der Waals surface area contributed by atoms with Crippen molar-refractivity contribution in [2.45, 2.75) is 27.2 Å². The summed E-state index contributed by atoms with van der Waals surface area (Å²) in [6.45, 7) is 7.20. The Morgan fingerprint density at radius 1 is 0.968 bits per heavy atom. The Morgan fingerprint density at radius 2 is 1.65 bits per heavy atom. The molecule has 0 aliphatic carbocycles. The zero-order valence-electron chi connectivity index (χ0n) is 17.7. The summed E-state index contributed by atoms with van der Waals surface area (Å²) in [6, 6.07) is 10.5. The fraction of sp³-hybridized carbons (Fsp3) is 0.318. The highest BCUT2D eigenvalue weighted by atomic mass is 79.9. The van der Waals surface area contributed by atoms with Crippen LogP contribution in [0, 0.1) is 0 Å². The van der Waals surface area contributed by atoms with Crippen molar-refractivity contribution in [3.63, 3.8) is 0 Å². The lowest BCUT2D eigenvalue weighted by atomic mass is 10.2. The van der Waals surface area contributed by atoms with Crippen LogP contribution < -0.4 is 25.0 Å². The van der Waals surface area contributed by atoms with Gasteiger partial charge in [-0.3, -0.25) is 9.59 Å². The molecule has 0 atom stereocenters. The van der Waals surface area contributed by atoms with Crippen molar-refractivity contribution < 1.29 is 23.8 Å². The van der Waals surface area contributed by atoms with Crippen LogP contribution in [0.1, 0.15) is 32.8 Å². The summed E-state index contributed by atoms with van der Waals surface area (Å²) in [5, 5.41) is 6.57. The van der Waals surface area contributed by atoms with Gasteiger partial charge in [0.25, 0.3) is 0 Å². The minimum Gasteiger partial charge on any atom is -0.494 e. The number of ether oxygens (including phenoxy) is 3. The van der Waals surface area contributed by atoms with Crippen molar-refractivity contribution in [3.8, 4) is 17.2 Å². The normalized spacial score (nSPS) is 10.6. The molecule has 0 aliphatic heterocycles. The molecule has 0 spiro atoms. The molecule has 166 valence electrons. The summed E-state index contributed by atoms with van der Waals surface area (Å²) < 4.78 is 17.3. The summed E-state index contributed by atoms with van der Waals surface area (Å²) >= 11 is 3.45. The standard InChI is InChI=1S/C22H26BrN3O5/c1-4-29-17-9-7-16(8-10-17)25-20(27)13-21(28)26-24-14-15-11-18(23)22(31-6-3)19(12-15)30-5-2/h7-12,14H,4-6,13H2,1-3H3,(H,25,27)(H,26,28). The van der Waals surface area contributed by atoms with Crippen LogP contribution in [0.25, 0.3) is 0 Å². The summed E-state index contributed by atoms with van der Waals surface area (Å²) in [6.07, 6.45) is 1.10. The van der Waals surface area contributed by atoms with Gasteiger partial charge in [-0.05, 0) is 78.7 Å². The molecule has 9 heteroatoms. The quantitative estimate of drug-likeness (QED) is 0.279. The van der Waals surface area contributed by atoms with Crippen LogP contribution >= 0.6 is 15.9 Å². The third kappa shape index (κ3) is 7.93. The highest BCUT2D eigenvalue weighted by Gasteiger charge is 2.12. The van der Waals surface area contributed by atoms with Crippen LogP contribution in [-0.2, 0) is 9.59 Å². The van der Waals surface area contributed by atoms with E-state index in [1.165, 1.54) is 6.21 Å². The van der Waals surface area contributed by atoms with Gasteiger partial charge >= 0.3 is 0 Å². The number of rotatable bonds is 11. The second-order valence-corrected chi connectivity index (χ2v) is 7.03. The van der Waals surface area contributed by atoms with Gasteiger partial charge in [0.15, 0.2) is 11.5 Å². The van der Waals surface area contributed by atoms with Crippen LogP contribution in [0.3, 0.4) is 0 Å². The summed E-state index contributed by atoms with van der Waals surface area (Å²) in [7, 11) is 0. The average Bonchev–Trinajstić information content (AvgIpc) is 2.72. The molecule has 2 N–H and O–H groups in total. The van der Waals surface area contributed by atoms with Crippen LogP contribution in [-0.4, -0.2) is 37.8 Å². The monoisotopic (exact) mass is 491 g/mol. The van der Waals surface area contributed by atoms with Gasteiger partial charge < -0.3 is 19.5 Å². The van der Waals surface area contributed by atoms with E-state index >= 15 is 0 Å². The number of halogens is 1. The van der Waals surface area contributed by atoms with Gasteiger partial charge in [0.05, 0.1) is 30.5 Å². The first-order valence-electron chi connectivity index (χ1n) is 9.90. The molecule has 0 fully saturated rings. The van der Waals surface area contributed by atoms with Gasteiger partial charge in [0.1, 0.15) is 12.2 Å². The Hall–Kier alpha value is -3.07. The van der Waals surface area contributed by atoms with E-state index in [4.69, 9.17) is 14.2 Å². The van der Waals surface area contributed by atoms with Gasteiger partial charge in [-0.2, -0.15) is 5.10 Å². The number of nitrogens with zero attached hydrogens (tertiary/aromatic N) is 1. The zero-order valence-corrected chi connectivity index (χ0v) is 19.3. The predicted molar refractivity (Wildman–Crippen MR) is 123 cm³/mol. The SMILES string of the molecule is CCOc1ccc(NC(=O)CC(=O)NN=Cc2cc(Br)c(OCC)c(OCC)c2)cc1. The van der Waals surface area contributed by atoms with E-state index in [2.05, 4.69) is 31.8 Å². The van der Waals surface area contributed by atoms with Gasteiger partial charge in [-0.15, -0.1) is 0 Å². The summed E-state index contributed by atoms with van der Waals surface area (Å²) in [4.78, 5) is 24.0. The van der Waals surface area contributed by atoms with E-state index in [-0.39, 0.29) is 6.42 Å². The molecular formula is C22H26BrN3O5. The lowest BCUT2D eigenvalue weighted by molar-refractivity contribution is -0.126. The maximum atomic E-state index is 12.0. The third-order valence-corrected chi connectivity index (χ3v) is 4.38. The molecule has 0 heterocycles. The van der Waals surface area contributed by atoms with Gasteiger partial charge in [0.2, 0.25) is 11.8 Å². The Morgan fingerprint density at radius 3 is 2.29 bits per heavy atom. The molecule has 0 aliphatic rings. The van der Waals surface area contributed by atoms with Gasteiger partial charge in [0, 0.05) is 5.69 Å². The van der Waals surface area contributed by atoms with Crippen molar-refractivity contribution in [2.75, 3.05) is 25.1 Å². The number of nitrogens with one attached hydrogen (secondary N) is 2. The van der Waals surface area contributed by atoms with Crippen LogP contribution in [0.15, 0.2) is 46.0 Å². The van der Waals surface area contributed by atoms with Gasteiger partial charge in [-0.25, -0.2) is 5.43 Å². The molecule has 2 rings (SSSR count). The largest absolute Gasteiger partial charge is 0.494 e. The molecule has 2 aromatic rings. The molecule has 0 saturated heterocycles. The predicted octanol–water partition coefficient (Wildman–Crippen LogP) is 4.12. The minimum atomic E-state index is -0.533. The summed E-state index contributed by atoms with van der Waals surface area (Å²) in [5.41, 5.74) is 3.62. The van der Waals surface area contributed by atoms with E-state index in [9.17, 15) is 9.59 Å². The van der Waals surface area contributed by atoms with Crippen LogP contribution in [0.4, 0.5) is 5.69 Å². The Balaban J connectivity index is 1.90. The Labute approximate surface area is 190 Å². The van der Waals surface area contributed by atoms with E-state index < -0.39 is 11.8 Å². The first kappa shape index (κ1) is 24.2. The number of hydrogen-bond donors (Lipinski definition) is 2. The fourth-order valence-electron chi connectivity index (χ4n) is 2.58. The number of benzene rings is 2. The van der Waals surface area contributed by atoms with Crippen LogP contribution in [0.5, 0.6) is 17.2 Å². The first-order valence-corrected chi connectivity index (χ1v) is 10.7. The number of carbonyl (C=O) groups is 2. The van der Waals surface area contributed by atoms with Crippen molar-refractivity contribution in [1.29, 1.82) is 0 Å². The number of hydrazone groups is 1.